The van der Waals surface area contributed by atoms with Gasteiger partial charge in [0, 0.05) is 12.7 Å². The number of anilines is 1. The predicted octanol–water partition coefficient (Wildman–Crippen LogP) is 7.44. The number of rotatable bonds is 3. The first-order valence-electron chi connectivity index (χ1n) is 9.84. The van der Waals surface area contributed by atoms with Crippen molar-refractivity contribution in [3.8, 4) is 0 Å². The van der Waals surface area contributed by atoms with E-state index in [0.29, 0.717) is 0 Å². The minimum Gasteiger partial charge on any atom is -0.388 e. The second kappa shape index (κ2) is 8.17. The van der Waals surface area contributed by atoms with E-state index in [1.165, 1.54) is 40.7 Å². The Morgan fingerprint density at radius 2 is 1.44 bits per heavy atom. The zero-order valence-electron chi connectivity index (χ0n) is 17.9. The Hall–Kier alpha value is -2.28. The highest BCUT2D eigenvalue weighted by Gasteiger charge is 2.36. The Morgan fingerprint density at radius 1 is 0.889 bits per heavy atom. The van der Waals surface area contributed by atoms with Crippen LogP contribution in [0.4, 0.5) is 5.69 Å². The van der Waals surface area contributed by atoms with Gasteiger partial charge in [-0.2, -0.15) is 0 Å². The van der Waals surface area contributed by atoms with Gasteiger partial charge < -0.3 is 5.32 Å². The van der Waals surface area contributed by atoms with Crippen LogP contribution in [0.15, 0.2) is 55.6 Å². The Labute approximate surface area is 166 Å². The van der Waals surface area contributed by atoms with E-state index >= 15 is 0 Å². The Balaban J connectivity index is 0.00000126. The summed E-state index contributed by atoms with van der Waals surface area (Å²) in [4.78, 5) is 0. The Bertz CT molecular complexity index is 807. The predicted molar refractivity (Wildman–Crippen MR) is 123 cm³/mol. The lowest BCUT2D eigenvalue weighted by Crippen LogP contribution is -2.33. The van der Waals surface area contributed by atoms with E-state index in [1.807, 2.05) is 7.05 Å². The van der Waals surface area contributed by atoms with Crippen molar-refractivity contribution >= 4 is 17.3 Å². The van der Waals surface area contributed by atoms with Crippen LogP contribution in [0.5, 0.6) is 0 Å². The average molecular weight is 362 g/mol. The first-order chi connectivity index (χ1) is 12.7. The zero-order chi connectivity index (χ0) is 20.2. The highest BCUT2D eigenvalue weighted by molar-refractivity contribution is 5.81. The van der Waals surface area contributed by atoms with Crippen LogP contribution in [0, 0.1) is 0 Å². The number of nitrogens with one attached hydrogen (secondary N) is 1. The molecule has 0 radical (unpaired) electrons. The molecule has 0 bridgehead atoms. The largest absolute Gasteiger partial charge is 0.388 e. The number of allylic oxidation sites excluding steroid dienone is 1. The van der Waals surface area contributed by atoms with E-state index in [2.05, 4.69) is 102 Å². The molecule has 1 aliphatic rings. The third-order valence-corrected chi connectivity index (χ3v) is 5.89. The maximum Gasteiger partial charge on any atom is 0.0337 e. The summed E-state index contributed by atoms with van der Waals surface area (Å²) < 4.78 is 0. The van der Waals surface area contributed by atoms with Crippen LogP contribution in [-0.4, -0.2) is 7.05 Å². The van der Waals surface area contributed by atoms with Crippen molar-refractivity contribution < 1.29 is 0 Å². The maximum atomic E-state index is 3.17. The van der Waals surface area contributed by atoms with Gasteiger partial charge in [-0.15, -0.1) is 13.2 Å². The van der Waals surface area contributed by atoms with E-state index < -0.39 is 0 Å². The molecule has 0 aromatic heterocycles. The molecule has 0 saturated carbocycles. The number of hydrogen-bond donors (Lipinski definition) is 1. The molecule has 2 aromatic rings. The molecule has 0 amide bonds. The first-order valence-corrected chi connectivity index (χ1v) is 9.84. The summed E-state index contributed by atoms with van der Waals surface area (Å²) in [6.45, 7) is 17.7. The van der Waals surface area contributed by atoms with Crippen LogP contribution in [0.25, 0.3) is 11.6 Å². The van der Waals surface area contributed by atoms with E-state index in [9.17, 15) is 0 Å². The van der Waals surface area contributed by atoms with Crippen LogP contribution in [0.3, 0.4) is 0 Å². The van der Waals surface area contributed by atoms with Gasteiger partial charge in [0.05, 0.1) is 0 Å². The van der Waals surface area contributed by atoms with Crippen molar-refractivity contribution in [1.29, 1.82) is 0 Å². The summed E-state index contributed by atoms with van der Waals surface area (Å²) in [5.74, 6) is 0. The van der Waals surface area contributed by atoms with Crippen molar-refractivity contribution in [3.63, 3.8) is 0 Å². The summed E-state index contributed by atoms with van der Waals surface area (Å²) in [5.41, 5.74) is 8.62. The van der Waals surface area contributed by atoms with E-state index in [-0.39, 0.29) is 10.8 Å². The molecule has 1 nitrogen and oxygen atoms in total. The highest BCUT2D eigenvalue weighted by atomic mass is 14.8. The monoisotopic (exact) mass is 361 g/mol. The van der Waals surface area contributed by atoms with Crippen molar-refractivity contribution in [2.24, 2.45) is 0 Å². The van der Waals surface area contributed by atoms with Crippen LogP contribution in [0.1, 0.15) is 69.7 Å². The lowest BCUT2D eigenvalue weighted by Gasteiger charge is -2.42. The molecule has 1 heteroatoms. The second-order valence-corrected chi connectivity index (χ2v) is 8.73. The molecule has 144 valence electrons. The van der Waals surface area contributed by atoms with E-state index in [1.54, 1.807) is 0 Å². The van der Waals surface area contributed by atoms with Crippen LogP contribution in [0.2, 0.25) is 0 Å². The molecular weight excluding hydrogens is 326 g/mol. The van der Waals surface area contributed by atoms with Gasteiger partial charge in [-0.25, -0.2) is 0 Å². The summed E-state index contributed by atoms with van der Waals surface area (Å²) in [7, 11) is 1.95. The number of hydrogen-bond acceptors (Lipinski definition) is 1. The van der Waals surface area contributed by atoms with Gasteiger partial charge in [-0.1, -0.05) is 64.1 Å². The molecule has 27 heavy (non-hydrogen) atoms. The molecule has 0 spiro atoms. The van der Waals surface area contributed by atoms with Gasteiger partial charge in [0.25, 0.3) is 0 Å². The number of benzene rings is 2. The third-order valence-electron chi connectivity index (χ3n) is 5.89. The quantitative estimate of drug-likeness (QED) is 0.442. The third kappa shape index (κ3) is 4.53. The maximum absolute atomic E-state index is 3.17. The zero-order valence-corrected chi connectivity index (χ0v) is 17.9. The first kappa shape index (κ1) is 21.0. The molecule has 0 unspecified atom stereocenters. The van der Waals surface area contributed by atoms with E-state index in [0.717, 1.165) is 5.69 Å². The van der Waals surface area contributed by atoms with Crippen LogP contribution in [-0.2, 0) is 10.8 Å². The van der Waals surface area contributed by atoms with Gasteiger partial charge in [0.2, 0.25) is 0 Å². The minimum absolute atomic E-state index is 0.261. The smallest absolute Gasteiger partial charge is 0.0337 e. The number of fused-ring (bicyclic) bond motifs is 1. The van der Waals surface area contributed by atoms with Crippen molar-refractivity contribution in [1.82, 2.24) is 0 Å². The fraction of sp³-hybridized carbons (Fsp3) is 0.385. The Morgan fingerprint density at radius 3 is 2.00 bits per heavy atom. The van der Waals surface area contributed by atoms with Crippen molar-refractivity contribution in [2.45, 2.75) is 58.3 Å². The lowest BCUT2D eigenvalue weighted by molar-refractivity contribution is 0.332. The van der Waals surface area contributed by atoms with Gasteiger partial charge >= 0.3 is 0 Å². The van der Waals surface area contributed by atoms with Crippen LogP contribution >= 0.6 is 0 Å². The summed E-state index contributed by atoms with van der Waals surface area (Å²) in [6, 6.07) is 15.7. The van der Waals surface area contributed by atoms with Gasteiger partial charge in [-0.05, 0) is 70.6 Å². The standard InChI is InChI=1S/C24H31N.C2H4/c1-17(19-8-10-20(25-6)11-9-19)15-18-7-12-21-22(16-18)24(4,5)14-13-23(21,2)3;1-2/h7-12,15-16,25H,13-14H2,1-6H3;1-2H2/b17-15+;. The molecule has 0 heterocycles. The molecule has 1 N–H and O–H groups in total. The molecule has 0 aliphatic heterocycles. The Kier molecular flexibility index (Phi) is 6.36. The fourth-order valence-corrected chi connectivity index (χ4v) is 3.93. The fourth-order valence-electron chi connectivity index (χ4n) is 3.93. The lowest BCUT2D eigenvalue weighted by atomic mass is 9.63. The summed E-state index contributed by atoms with van der Waals surface area (Å²) in [5, 5.41) is 3.17. The van der Waals surface area contributed by atoms with Crippen molar-refractivity contribution in [3.05, 3.63) is 77.9 Å². The SMILES string of the molecule is C=C.CNc1ccc(/C(C)=C/c2ccc3c(c2)C(C)(C)CCC3(C)C)cc1. The van der Waals surface area contributed by atoms with Gasteiger partial charge in [0.1, 0.15) is 0 Å². The van der Waals surface area contributed by atoms with E-state index in [4.69, 9.17) is 0 Å². The summed E-state index contributed by atoms with van der Waals surface area (Å²) >= 11 is 0. The summed E-state index contributed by atoms with van der Waals surface area (Å²) in [6.07, 6.45) is 4.83. The molecule has 0 atom stereocenters. The second-order valence-electron chi connectivity index (χ2n) is 8.73. The highest BCUT2D eigenvalue weighted by Crippen LogP contribution is 2.46. The molecular formula is C26H35N. The molecule has 1 aliphatic carbocycles. The molecule has 0 saturated heterocycles. The van der Waals surface area contributed by atoms with Gasteiger partial charge in [0.15, 0.2) is 0 Å². The van der Waals surface area contributed by atoms with Gasteiger partial charge in [-0.3, -0.25) is 0 Å². The topological polar surface area (TPSA) is 12.0 Å². The average Bonchev–Trinajstić information content (AvgIpc) is 2.67. The molecule has 3 rings (SSSR count). The molecule has 0 fully saturated rings. The van der Waals surface area contributed by atoms with Crippen LogP contribution < -0.4 is 5.32 Å². The van der Waals surface area contributed by atoms with Crippen molar-refractivity contribution in [2.75, 3.05) is 12.4 Å². The normalized spacial score (nSPS) is 17.3. The minimum atomic E-state index is 0.261. The molecule has 2 aromatic carbocycles.